The smallest absolute Gasteiger partial charge is 0.0615 e. The number of hydrogen-bond acceptors (Lipinski definition) is 3. The first-order valence-corrected chi connectivity index (χ1v) is 5.74. The average Bonchev–Trinajstić information content (AvgIpc) is 2.19. The summed E-state index contributed by atoms with van der Waals surface area (Å²) in [7, 11) is 1.78. The molecule has 1 aliphatic heterocycles. The maximum Gasteiger partial charge on any atom is 0.0615 e. The van der Waals surface area contributed by atoms with Crippen LogP contribution >= 0.6 is 0 Å². The molecule has 2 atom stereocenters. The summed E-state index contributed by atoms with van der Waals surface area (Å²) in [6.07, 6.45) is 5.13. The van der Waals surface area contributed by atoms with E-state index < -0.39 is 0 Å². The summed E-state index contributed by atoms with van der Waals surface area (Å²) in [6.45, 7) is 5.11. The molecule has 0 bridgehead atoms. The summed E-state index contributed by atoms with van der Waals surface area (Å²) in [5.74, 6) is 0. The van der Waals surface area contributed by atoms with Gasteiger partial charge in [-0.15, -0.1) is 0 Å². The SMILES string of the molecule is COCC(C)N1CCCCC1CCN. The summed E-state index contributed by atoms with van der Waals surface area (Å²) in [5, 5.41) is 0. The van der Waals surface area contributed by atoms with Crippen LogP contribution in [0.5, 0.6) is 0 Å². The molecule has 2 N–H and O–H groups in total. The second-order valence-electron chi connectivity index (χ2n) is 4.27. The van der Waals surface area contributed by atoms with Crippen LogP contribution in [0, 0.1) is 0 Å². The van der Waals surface area contributed by atoms with Gasteiger partial charge in [-0.1, -0.05) is 6.42 Å². The fourth-order valence-electron chi connectivity index (χ4n) is 2.44. The normalized spacial score (nSPS) is 26.4. The quantitative estimate of drug-likeness (QED) is 0.725. The van der Waals surface area contributed by atoms with Crippen LogP contribution in [0.2, 0.25) is 0 Å². The van der Waals surface area contributed by atoms with Crippen molar-refractivity contribution >= 4 is 0 Å². The maximum atomic E-state index is 5.64. The molecule has 1 aliphatic rings. The van der Waals surface area contributed by atoms with E-state index in [0.717, 1.165) is 19.6 Å². The third-order valence-corrected chi connectivity index (χ3v) is 3.15. The predicted octanol–water partition coefficient (Wildman–Crippen LogP) is 1.22. The summed E-state index contributed by atoms with van der Waals surface area (Å²) in [4.78, 5) is 2.57. The van der Waals surface area contributed by atoms with Crippen LogP contribution in [-0.4, -0.2) is 43.8 Å². The summed E-state index contributed by atoms with van der Waals surface area (Å²) in [5.41, 5.74) is 5.64. The number of rotatable bonds is 5. The molecule has 0 aromatic carbocycles. The fraction of sp³-hybridized carbons (Fsp3) is 1.00. The van der Waals surface area contributed by atoms with Crippen molar-refractivity contribution < 1.29 is 4.74 Å². The van der Waals surface area contributed by atoms with Crippen LogP contribution in [0.1, 0.15) is 32.6 Å². The third kappa shape index (κ3) is 3.23. The lowest BCUT2D eigenvalue weighted by Gasteiger charge is -2.39. The van der Waals surface area contributed by atoms with Crippen LogP contribution in [0.4, 0.5) is 0 Å². The van der Waals surface area contributed by atoms with E-state index >= 15 is 0 Å². The molecule has 3 heteroatoms. The van der Waals surface area contributed by atoms with Gasteiger partial charge < -0.3 is 10.5 Å². The highest BCUT2D eigenvalue weighted by atomic mass is 16.5. The zero-order valence-corrected chi connectivity index (χ0v) is 9.54. The molecule has 0 aromatic heterocycles. The topological polar surface area (TPSA) is 38.5 Å². The molecule has 1 fully saturated rings. The van der Waals surface area contributed by atoms with E-state index in [1.807, 2.05) is 0 Å². The van der Waals surface area contributed by atoms with Gasteiger partial charge in [-0.25, -0.2) is 0 Å². The number of nitrogens with two attached hydrogens (primary N) is 1. The zero-order chi connectivity index (χ0) is 10.4. The molecule has 0 amide bonds. The zero-order valence-electron chi connectivity index (χ0n) is 9.54. The highest BCUT2D eigenvalue weighted by molar-refractivity contribution is 4.81. The minimum absolute atomic E-state index is 0.539. The van der Waals surface area contributed by atoms with E-state index in [2.05, 4.69) is 11.8 Å². The van der Waals surface area contributed by atoms with Crippen molar-refractivity contribution in [1.29, 1.82) is 0 Å². The lowest BCUT2D eigenvalue weighted by atomic mass is 9.97. The summed E-state index contributed by atoms with van der Waals surface area (Å²) in [6, 6.07) is 1.23. The molecule has 1 heterocycles. The third-order valence-electron chi connectivity index (χ3n) is 3.15. The molecule has 0 radical (unpaired) electrons. The first-order valence-electron chi connectivity index (χ1n) is 5.74. The average molecular weight is 200 g/mol. The van der Waals surface area contributed by atoms with Crippen molar-refractivity contribution in [2.75, 3.05) is 26.8 Å². The van der Waals surface area contributed by atoms with Gasteiger partial charge in [0.25, 0.3) is 0 Å². The summed E-state index contributed by atoms with van der Waals surface area (Å²) >= 11 is 0. The molecule has 0 aliphatic carbocycles. The van der Waals surface area contributed by atoms with E-state index in [9.17, 15) is 0 Å². The molecule has 0 aromatic rings. The van der Waals surface area contributed by atoms with Crippen LogP contribution in [0.3, 0.4) is 0 Å². The summed E-state index contributed by atoms with van der Waals surface area (Å²) < 4.78 is 5.21. The Bertz CT molecular complexity index is 150. The Hall–Kier alpha value is -0.120. The Morgan fingerprint density at radius 1 is 1.50 bits per heavy atom. The van der Waals surface area contributed by atoms with Gasteiger partial charge in [-0.3, -0.25) is 4.90 Å². The van der Waals surface area contributed by atoms with Gasteiger partial charge in [0.05, 0.1) is 6.61 Å². The first kappa shape index (κ1) is 12.0. The first-order chi connectivity index (χ1) is 6.79. The highest BCUT2D eigenvalue weighted by Crippen LogP contribution is 2.21. The van der Waals surface area contributed by atoms with Gasteiger partial charge in [-0.2, -0.15) is 0 Å². The van der Waals surface area contributed by atoms with E-state index in [1.54, 1.807) is 7.11 Å². The van der Waals surface area contributed by atoms with Crippen LogP contribution in [-0.2, 0) is 4.74 Å². The minimum atomic E-state index is 0.539. The Balaban J connectivity index is 2.44. The monoisotopic (exact) mass is 200 g/mol. The predicted molar refractivity (Wildman–Crippen MR) is 59.4 cm³/mol. The van der Waals surface area contributed by atoms with Gasteiger partial charge in [0.15, 0.2) is 0 Å². The molecule has 14 heavy (non-hydrogen) atoms. The number of ether oxygens (including phenoxy) is 1. The molecular formula is C11H24N2O. The second-order valence-corrected chi connectivity index (χ2v) is 4.27. The standard InChI is InChI=1S/C11H24N2O/c1-10(9-14-2)13-8-4-3-5-11(13)6-7-12/h10-11H,3-9,12H2,1-2H3. The van der Waals surface area contributed by atoms with E-state index in [0.29, 0.717) is 12.1 Å². The number of nitrogens with zero attached hydrogens (tertiary/aromatic N) is 1. The molecule has 1 rings (SSSR count). The number of methoxy groups -OCH3 is 1. The fourth-order valence-corrected chi connectivity index (χ4v) is 2.44. The van der Waals surface area contributed by atoms with Crippen LogP contribution < -0.4 is 5.73 Å². The molecule has 0 saturated carbocycles. The molecule has 0 spiro atoms. The Morgan fingerprint density at radius 2 is 2.29 bits per heavy atom. The van der Waals surface area contributed by atoms with Crippen LogP contribution in [0.15, 0.2) is 0 Å². The Kier molecular flexibility index (Phi) is 5.45. The number of piperidine rings is 1. The van der Waals surface area contributed by atoms with Crippen molar-refractivity contribution in [3.05, 3.63) is 0 Å². The Morgan fingerprint density at radius 3 is 2.93 bits per heavy atom. The van der Waals surface area contributed by atoms with Crippen LogP contribution in [0.25, 0.3) is 0 Å². The maximum absolute atomic E-state index is 5.64. The van der Waals surface area contributed by atoms with E-state index in [4.69, 9.17) is 10.5 Å². The van der Waals surface area contributed by atoms with E-state index in [1.165, 1.54) is 25.8 Å². The van der Waals surface area contributed by atoms with E-state index in [-0.39, 0.29) is 0 Å². The molecule has 2 unspecified atom stereocenters. The van der Waals surface area contributed by atoms with Gasteiger partial charge >= 0.3 is 0 Å². The molecule has 1 saturated heterocycles. The number of likely N-dealkylation sites (tertiary alicyclic amines) is 1. The lowest BCUT2D eigenvalue weighted by molar-refractivity contribution is 0.0465. The van der Waals surface area contributed by atoms with Crippen molar-refractivity contribution in [2.45, 2.75) is 44.7 Å². The van der Waals surface area contributed by atoms with Crippen molar-refractivity contribution in [3.8, 4) is 0 Å². The van der Waals surface area contributed by atoms with Gasteiger partial charge in [0.2, 0.25) is 0 Å². The molecule has 84 valence electrons. The largest absolute Gasteiger partial charge is 0.383 e. The lowest BCUT2D eigenvalue weighted by Crippen LogP contribution is -2.47. The molecule has 3 nitrogen and oxygen atoms in total. The minimum Gasteiger partial charge on any atom is -0.383 e. The highest BCUT2D eigenvalue weighted by Gasteiger charge is 2.25. The second kappa shape index (κ2) is 6.38. The van der Waals surface area contributed by atoms with Gasteiger partial charge in [0, 0.05) is 19.2 Å². The van der Waals surface area contributed by atoms with Crippen molar-refractivity contribution in [3.63, 3.8) is 0 Å². The van der Waals surface area contributed by atoms with Gasteiger partial charge in [-0.05, 0) is 39.3 Å². The Labute approximate surface area is 87.6 Å². The molecular weight excluding hydrogens is 176 g/mol. The van der Waals surface area contributed by atoms with Crippen molar-refractivity contribution in [2.24, 2.45) is 5.73 Å². The van der Waals surface area contributed by atoms with Crippen molar-refractivity contribution in [1.82, 2.24) is 4.90 Å². The number of hydrogen-bond donors (Lipinski definition) is 1. The van der Waals surface area contributed by atoms with Gasteiger partial charge in [0.1, 0.15) is 0 Å².